The molecule has 1 aliphatic rings. The molecular formula is C21H19Cl2F3N4. The van der Waals surface area contributed by atoms with Crippen LogP contribution in [0.25, 0.3) is 0 Å². The molecule has 1 aromatic heterocycles. The average Bonchev–Trinajstić information content (AvgIpc) is 2.68. The van der Waals surface area contributed by atoms with E-state index in [1.165, 1.54) is 6.07 Å². The summed E-state index contributed by atoms with van der Waals surface area (Å²) in [6.07, 6.45) is -0.975. The number of halogens is 5. The minimum Gasteiger partial charge on any atom is -0.340 e. The van der Waals surface area contributed by atoms with Gasteiger partial charge in [0.25, 0.3) is 0 Å². The van der Waals surface area contributed by atoms with E-state index in [4.69, 9.17) is 5.73 Å². The molecule has 4 nitrogen and oxygen atoms in total. The molecule has 4 rings (SSSR count). The molecule has 30 heavy (non-hydrogen) atoms. The van der Waals surface area contributed by atoms with E-state index in [-0.39, 0.29) is 31.2 Å². The van der Waals surface area contributed by atoms with Crippen LogP contribution in [-0.4, -0.2) is 10.8 Å². The van der Waals surface area contributed by atoms with E-state index in [0.717, 1.165) is 28.9 Å². The van der Waals surface area contributed by atoms with Gasteiger partial charge in [0.2, 0.25) is 0 Å². The van der Waals surface area contributed by atoms with Gasteiger partial charge in [0.15, 0.2) is 0 Å². The summed E-state index contributed by atoms with van der Waals surface area (Å²) in [6, 6.07) is 16.2. The monoisotopic (exact) mass is 454 g/mol. The number of anilines is 1. The van der Waals surface area contributed by atoms with Crippen LogP contribution in [0.1, 0.15) is 22.3 Å². The SMILES string of the molecule is Cl.Cl.NC1(Cc2cccc(C(F)(F)F)c2)N=C(c2cccnc2)Nc2ccccc21. The first-order valence-corrected chi connectivity index (χ1v) is 8.67. The van der Waals surface area contributed by atoms with E-state index in [0.29, 0.717) is 11.4 Å². The summed E-state index contributed by atoms with van der Waals surface area (Å²) in [5, 5.41) is 3.24. The number of fused-ring (bicyclic) bond motifs is 1. The number of hydrogen-bond acceptors (Lipinski definition) is 4. The maximum absolute atomic E-state index is 13.1. The van der Waals surface area contributed by atoms with Crippen molar-refractivity contribution in [2.24, 2.45) is 10.7 Å². The lowest BCUT2D eigenvalue weighted by atomic mass is 9.89. The number of hydrogen-bond donors (Lipinski definition) is 2. The molecule has 0 amide bonds. The zero-order valence-electron chi connectivity index (χ0n) is 15.6. The van der Waals surface area contributed by atoms with E-state index in [1.807, 2.05) is 30.3 Å². The fourth-order valence-corrected chi connectivity index (χ4v) is 3.33. The van der Waals surface area contributed by atoms with Crippen molar-refractivity contribution in [3.63, 3.8) is 0 Å². The summed E-state index contributed by atoms with van der Waals surface area (Å²) < 4.78 is 39.3. The Morgan fingerprint density at radius 1 is 0.967 bits per heavy atom. The van der Waals surface area contributed by atoms with Gasteiger partial charge in [0, 0.05) is 35.6 Å². The van der Waals surface area contributed by atoms with Crippen LogP contribution < -0.4 is 11.1 Å². The summed E-state index contributed by atoms with van der Waals surface area (Å²) in [5.74, 6) is 0.529. The van der Waals surface area contributed by atoms with E-state index >= 15 is 0 Å². The van der Waals surface area contributed by atoms with Gasteiger partial charge < -0.3 is 11.1 Å². The molecule has 3 aromatic rings. The largest absolute Gasteiger partial charge is 0.416 e. The maximum Gasteiger partial charge on any atom is 0.416 e. The third-order valence-electron chi connectivity index (χ3n) is 4.62. The number of nitrogens with two attached hydrogens (primary N) is 1. The standard InChI is InChI=1S/C21H17F3N4.2ClH/c22-21(23,24)16-7-3-5-14(11-16)12-20(25)17-8-1-2-9-18(17)27-19(28-20)15-6-4-10-26-13-15;;/h1-11,13H,12,25H2,(H,27,28);2*1H. The smallest absolute Gasteiger partial charge is 0.340 e. The molecule has 2 aromatic carbocycles. The van der Waals surface area contributed by atoms with Gasteiger partial charge in [-0.25, -0.2) is 4.99 Å². The van der Waals surface area contributed by atoms with Crippen molar-refractivity contribution < 1.29 is 13.2 Å². The van der Waals surface area contributed by atoms with Crippen LogP contribution in [0.3, 0.4) is 0 Å². The van der Waals surface area contributed by atoms with Crippen LogP contribution in [0.15, 0.2) is 78.0 Å². The van der Waals surface area contributed by atoms with Crippen molar-refractivity contribution in [1.29, 1.82) is 0 Å². The Bertz CT molecular complexity index is 1040. The molecule has 1 atom stereocenters. The number of para-hydroxylation sites is 1. The molecule has 2 heterocycles. The summed E-state index contributed by atoms with van der Waals surface area (Å²) in [6.45, 7) is 0. The molecule has 0 saturated heterocycles. The van der Waals surface area contributed by atoms with Gasteiger partial charge in [-0.15, -0.1) is 24.8 Å². The zero-order valence-corrected chi connectivity index (χ0v) is 17.2. The molecular weight excluding hydrogens is 436 g/mol. The first-order valence-electron chi connectivity index (χ1n) is 8.67. The second kappa shape index (κ2) is 9.04. The molecule has 0 bridgehead atoms. The molecule has 0 fully saturated rings. The van der Waals surface area contributed by atoms with Crippen molar-refractivity contribution in [3.8, 4) is 0 Å². The Hall–Kier alpha value is -2.61. The Balaban J connectivity index is 0.00000160. The summed E-state index contributed by atoms with van der Waals surface area (Å²) in [5.41, 5.74) is 7.45. The number of pyridine rings is 1. The third kappa shape index (κ3) is 4.75. The summed E-state index contributed by atoms with van der Waals surface area (Å²) in [4.78, 5) is 8.77. The van der Waals surface area contributed by atoms with Gasteiger partial charge in [0.05, 0.1) is 5.56 Å². The number of rotatable bonds is 3. The lowest BCUT2D eigenvalue weighted by Gasteiger charge is -2.34. The van der Waals surface area contributed by atoms with Crippen molar-refractivity contribution in [2.75, 3.05) is 5.32 Å². The Morgan fingerprint density at radius 3 is 2.43 bits per heavy atom. The van der Waals surface area contributed by atoms with Gasteiger partial charge >= 0.3 is 6.18 Å². The molecule has 0 saturated carbocycles. The number of aliphatic imine (C=N–C) groups is 1. The quantitative estimate of drug-likeness (QED) is 0.573. The van der Waals surface area contributed by atoms with Crippen molar-refractivity contribution in [3.05, 3.63) is 95.3 Å². The second-order valence-electron chi connectivity index (χ2n) is 6.67. The Morgan fingerprint density at radius 2 is 1.73 bits per heavy atom. The Labute approximate surface area is 184 Å². The van der Waals surface area contributed by atoms with Crippen molar-refractivity contribution in [1.82, 2.24) is 4.98 Å². The number of benzene rings is 2. The predicted octanol–water partition coefficient (Wildman–Crippen LogP) is 5.17. The van der Waals surface area contributed by atoms with Crippen molar-refractivity contribution >= 4 is 36.3 Å². The fourth-order valence-electron chi connectivity index (χ4n) is 3.33. The number of nitrogens with one attached hydrogen (secondary N) is 1. The molecule has 0 radical (unpaired) electrons. The second-order valence-corrected chi connectivity index (χ2v) is 6.67. The molecule has 3 N–H and O–H groups in total. The van der Waals surface area contributed by atoms with Crippen LogP contribution >= 0.6 is 24.8 Å². The van der Waals surface area contributed by atoms with E-state index in [9.17, 15) is 13.2 Å². The van der Waals surface area contributed by atoms with E-state index < -0.39 is 17.4 Å². The van der Waals surface area contributed by atoms with Crippen LogP contribution in [0.5, 0.6) is 0 Å². The normalized spacial score (nSPS) is 17.5. The van der Waals surface area contributed by atoms with Gasteiger partial charge in [-0.3, -0.25) is 4.98 Å². The predicted molar refractivity (Wildman–Crippen MR) is 116 cm³/mol. The molecule has 1 aliphatic heterocycles. The number of alkyl halides is 3. The van der Waals surface area contributed by atoms with Gasteiger partial charge in [-0.05, 0) is 29.8 Å². The first kappa shape index (κ1) is 23.7. The van der Waals surface area contributed by atoms with Gasteiger partial charge in [0.1, 0.15) is 11.5 Å². The van der Waals surface area contributed by atoms with Gasteiger partial charge in [-0.2, -0.15) is 13.2 Å². The molecule has 1 unspecified atom stereocenters. The molecule has 0 aliphatic carbocycles. The maximum atomic E-state index is 13.1. The molecule has 0 spiro atoms. The number of aromatic nitrogens is 1. The molecule has 9 heteroatoms. The highest BCUT2D eigenvalue weighted by atomic mass is 35.5. The van der Waals surface area contributed by atoms with E-state index in [1.54, 1.807) is 24.5 Å². The van der Waals surface area contributed by atoms with Crippen LogP contribution in [-0.2, 0) is 18.3 Å². The van der Waals surface area contributed by atoms with Crippen LogP contribution in [0.2, 0.25) is 0 Å². The van der Waals surface area contributed by atoms with Crippen LogP contribution in [0.4, 0.5) is 18.9 Å². The summed E-state index contributed by atoms with van der Waals surface area (Å²) in [7, 11) is 0. The first-order chi connectivity index (χ1) is 13.4. The average molecular weight is 455 g/mol. The topological polar surface area (TPSA) is 63.3 Å². The highest BCUT2D eigenvalue weighted by molar-refractivity contribution is 6.09. The highest BCUT2D eigenvalue weighted by Gasteiger charge is 2.35. The van der Waals surface area contributed by atoms with Crippen molar-refractivity contribution in [2.45, 2.75) is 18.3 Å². The lowest BCUT2D eigenvalue weighted by molar-refractivity contribution is -0.137. The van der Waals surface area contributed by atoms with Crippen LogP contribution in [0, 0.1) is 0 Å². The zero-order chi connectivity index (χ0) is 19.8. The van der Waals surface area contributed by atoms with E-state index in [2.05, 4.69) is 15.3 Å². The molecule has 158 valence electrons. The Kier molecular flexibility index (Phi) is 7.13. The summed E-state index contributed by atoms with van der Waals surface area (Å²) >= 11 is 0. The lowest BCUT2D eigenvalue weighted by Crippen LogP contribution is -2.43. The highest BCUT2D eigenvalue weighted by Crippen LogP contribution is 2.36. The minimum absolute atomic E-state index is 0. The minimum atomic E-state index is -4.41. The number of nitrogens with zero attached hydrogens (tertiary/aromatic N) is 2. The number of amidine groups is 1. The fraction of sp³-hybridized carbons (Fsp3) is 0.143. The van der Waals surface area contributed by atoms with Gasteiger partial charge in [-0.1, -0.05) is 36.4 Å². The third-order valence-corrected chi connectivity index (χ3v) is 4.62.